The Morgan fingerprint density at radius 3 is 2.47 bits per heavy atom. The number of aliphatic hydroxyl groups is 1. The standard InChI is InChI=1S/C23H36N2O3.C2H6.CH5N/c1-4-9-23(28)18(3)25(15-19-6-7-19)13-11-22(23,10-12-24-16-26)21-14-20(27)8-5-17(21)2;2*1-2/h5,8,14,16,18-19,27-28H,4,6-7,9-13,15H2,1-3H3,(H,24,26);1-2H3;2H2,1H3/t18?,22-,23?;;/m1../s1. The van der Waals surface area contributed by atoms with Gasteiger partial charge in [-0.3, -0.25) is 9.69 Å². The van der Waals surface area contributed by atoms with Gasteiger partial charge in [0.25, 0.3) is 0 Å². The minimum atomic E-state index is -0.919. The number of phenolic OH excluding ortho intramolecular Hbond substituents is 1. The minimum Gasteiger partial charge on any atom is -0.508 e. The lowest BCUT2D eigenvalue weighted by atomic mass is 9.56. The number of aromatic hydroxyl groups is 1. The number of nitrogens with two attached hydrogens (primary N) is 1. The first kappa shape index (κ1) is 28.4. The maximum atomic E-state index is 12.3. The van der Waals surface area contributed by atoms with Crippen molar-refractivity contribution in [1.29, 1.82) is 0 Å². The molecule has 32 heavy (non-hydrogen) atoms. The molecule has 1 aliphatic heterocycles. The number of nitrogens with zero attached hydrogens (tertiary/aromatic N) is 1. The van der Waals surface area contributed by atoms with Gasteiger partial charge in [-0.15, -0.1) is 0 Å². The number of aryl methyl sites for hydroxylation is 1. The number of carbonyl (C=O) groups excluding carboxylic acids is 1. The molecule has 5 N–H and O–H groups in total. The van der Waals surface area contributed by atoms with Crippen molar-refractivity contribution in [1.82, 2.24) is 10.2 Å². The highest BCUT2D eigenvalue weighted by atomic mass is 16.3. The van der Waals surface area contributed by atoms with E-state index in [1.165, 1.54) is 19.9 Å². The van der Waals surface area contributed by atoms with E-state index in [9.17, 15) is 15.0 Å². The summed E-state index contributed by atoms with van der Waals surface area (Å²) in [5.41, 5.74) is 5.19. The topological polar surface area (TPSA) is 98.8 Å². The maximum Gasteiger partial charge on any atom is 0.207 e. The third kappa shape index (κ3) is 6.03. The van der Waals surface area contributed by atoms with Gasteiger partial charge in [-0.2, -0.15) is 0 Å². The summed E-state index contributed by atoms with van der Waals surface area (Å²) in [7, 11) is 1.50. The molecule has 3 atom stereocenters. The Kier molecular flexibility index (Phi) is 11.7. The fourth-order valence-corrected chi connectivity index (χ4v) is 5.47. The van der Waals surface area contributed by atoms with Crippen molar-refractivity contribution in [3.05, 3.63) is 29.3 Å². The van der Waals surface area contributed by atoms with E-state index in [4.69, 9.17) is 0 Å². The van der Waals surface area contributed by atoms with Crippen LogP contribution in [0.2, 0.25) is 0 Å². The van der Waals surface area contributed by atoms with Crippen LogP contribution < -0.4 is 11.1 Å². The van der Waals surface area contributed by atoms with Crippen LogP contribution in [0.15, 0.2) is 18.2 Å². The average molecular weight is 450 g/mol. The van der Waals surface area contributed by atoms with Gasteiger partial charge in [-0.1, -0.05) is 33.3 Å². The molecule has 2 fully saturated rings. The van der Waals surface area contributed by atoms with Crippen LogP contribution in [0.4, 0.5) is 0 Å². The zero-order valence-electron chi connectivity index (χ0n) is 21.2. The van der Waals surface area contributed by atoms with E-state index in [1.54, 1.807) is 6.07 Å². The lowest BCUT2D eigenvalue weighted by Gasteiger charge is -2.58. The number of nitrogens with one attached hydrogen (secondary N) is 1. The van der Waals surface area contributed by atoms with Gasteiger partial charge < -0.3 is 21.3 Å². The molecule has 2 aliphatic rings. The van der Waals surface area contributed by atoms with Gasteiger partial charge in [-0.05, 0) is 88.7 Å². The molecule has 6 heteroatoms. The van der Waals surface area contributed by atoms with E-state index in [1.807, 2.05) is 26.0 Å². The molecule has 1 saturated carbocycles. The summed E-state index contributed by atoms with van der Waals surface area (Å²) in [6, 6.07) is 5.51. The molecule has 1 aromatic rings. The molecular weight excluding hydrogens is 402 g/mol. The van der Waals surface area contributed by atoms with Gasteiger partial charge in [0, 0.05) is 24.5 Å². The van der Waals surface area contributed by atoms with E-state index < -0.39 is 11.0 Å². The van der Waals surface area contributed by atoms with Crippen LogP contribution in [0.1, 0.15) is 77.3 Å². The molecule has 1 heterocycles. The first-order valence-electron chi connectivity index (χ1n) is 12.4. The summed E-state index contributed by atoms with van der Waals surface area (Å²) in [6.45, 7) is 12.8. The van der Waals surface area contributed by atoms with Gasteiger partial charge in [0.15, 0.2) is 0 Å². The molecule has 0 radical (unpaired) electrons. The quantitative estimate of drug-likeness (QED) is 0.340. The Labute approximate surface area is 195 Å². The number of benzene rings is 1. The lowest BCUT2D eigenvalue weighted by molar-refractivity contribution is -0.142. The average Bonchev–Trinajstić information content (AvgIpc) is 3.62. The number of hydrogen-bond acceptors (Lipinski definition) is 5. The van der Waals surface area contributed by atoms with Crippen LogP contribution >= 0.6 is 0 Å². The lowest BCUT2D eigenvalue weighted by Crippen LogP contribution is -2.68. The van der Waals surface area contributed by atoms with Gasteiger partial charge in [0.1, 0.15) is 5.75 Å². The van der Waals surface area contributed by atoms with Crippen LogP contribution in [0.5, 0.6) is 5.75 Å². The molecule has 1 aliphatic carbocycles. The third-order valence-corrected chi connectivity index (χ3v) is 7.23. The van der Waals surface area contributed by atoms with Crippen molar-refractivity contribution in [3.8, 4) is 5.75 Å². The van der Waals surface area contributed by atoms with Crippen molar-refractivity contribution in [2.45, 2.75) is 90.2 Å². The first-order valence-corrected chi connectivity index (χ1v) is 12.4. The number of likely N-dealkylation sites (tertiary alicyclic amines) is 1. The molecule has 1 aromatic carbocycles. The SMILES string of the molecule is CC.CCCC1(O)C(C)N(CC2CC2)CC[C@]1(CCNC=O)c1cc(O)ccc1C.CN. The number of carbonyl (C=O) groups is 1. The molecule has 6 nitrogen and oxygen atoms in total. The monoisotopic (exact) mass is 449 g/mol. The number of piperidine rings is 1. The largest absolute Gasteiger partial charge is 0.508 e. The van der Waals surface area contributed by atoms with Crippen LogP contribution in [0, 0.1) is 12.8 Å². The minimum absolute atomic E-state index is 0.0276. The highest BCUT2D eigenvalue weighted by Gasteiger charge is 2.58. The smallest absolute Gasteiger partial charge is 0.207 e. The summed E-state index contributed by atoms with van der Waals surface area (Å²) < 4.78 is 0. The van der Waals surface area contributed by atoms with Crippen molar-refractivity contribution < 1.29 is 15.0 Å². The van der Waals surface area contributed by atoms with Crippen molar-refractivity contribution >= 4 is 6.41 Å². The Morgan fingerprint density at radius 1 is 1.25 bits per heavy atom. The van der Waals surface area contributed by atoms with Gasteiger partial charge in [-0.25, -0.2) is 0 Å². The molecule has 0 spiro atoms. The van der Waals surface area contributed by atoms with Gasteiger partial charge in [0.05, 0.1) is 5.60 Å². The fourth-order valence-electron chi connectivity index (χ4n) is 5.47. The van der Waals surface area contributed by atoms with Crippen molar-refractivity contribution in [2.24, 2.45) is 11.7 Å². The van der Waals surface area contributed by atoms with E-state index in [2.05, 4.69) is 36.7 Å². The number of rotatable bonds is 9. The Hall–Kier alpha value is -1.63. The molecular formula is C26H47N3O3. The van der Waals surface area contributed by atoms with E-state index in [0.29, 0.717) is 19.4 Å². The second-order valence-corrected chi connectivity index (χ2v) is 8.94. The zero-order valence-corrected chi connectivity index (χ0v) is 21.2. The predicted molar refractivity (Wildman–Crippen MR) is 133 cm³/mol. The summed E-state index contributed by atoms with van der Waals surface area (Å²) in [6.07, 6.45) is 6.41. The second kappa shape index (κ2) is 13.2. The molecule has 184 valence electrons. The van der Waals surface area contributed by atoms with E-state index in [-0.39, 0.29) is 11.8 Å². The van der Waals surface area contributed by atoms with Crippen LogP contribution in [-0.2, 0) is 10.2 Å². The fraction of sp³-hybridized carbons (Fsp3) is 0.731. The summed E-state index contributed by atoms with van der Waals surface area (Å²) in [4.78, 5) is 13.4. The summed E-state index contributed by atoms with van der Waals surface area (Å²) >= 11 is 0. The molecule has 3 rings (SSSR count). The summed E-state index contributed by atoms with van der Waals surface area (Å²) in [5.74, 6) is 1.01. The van der Waals surface area contributed by atoms with Crippen molar-refractivity contribution in [2.75, 3.05) is 26.7 Å². The zero-order chi connectivity index (χ0) is 24.4. The molecule has 1 saturated heterocycles. The van der Waals surface area contributed by atoms with Gasteiger partial charge in [0.2, 0.25) is 6.41 Å². The van der Waals surface area contributed by atoms with Crippen LogP contribution in [0.25, 0.3) is 0 Å². The Morgan fingerprint density at radius 2 is 1.91 bits per heavy atom. The van der Waals surface area contributed by atoms with Crippen LogP contribution in [0.3, 0.4) is 0 Å². The highest BCUT2D eigenvalue weighted by Crippen LogP contribution is 2.52. The molecule has 0 bridgehead atoms. The van der Waals surface area contributed by atoms with Gasteiger partial charge >= 0.3 is 0 Å². The third-order valence-electron chi connectivity index (χ3n) is 7.23. The van der Waals surface area contributed by atoms with E-state index in [0.717, 1.165) is 49.4 Å². The number of phenols is 1. The molecule has 0 aromatic heterocycles. The maximum absolute atomic E-state index is 12.3. The highest BCUT2D eigenvalue weighted by molar-refractivity contribution is 5.46. The van der Waals surface area contributed by atoms with Crippen LogP contribution in [-0.4, -0.2) is 59.8 Å². The molecule has 1 amide bonds. The number of amides is 1. The first-order chi connectivity index (χ1) is 15.4. The normalized spacial score (nSPS) is 27.4. The van der Waals surface area contributed by atoms with Crippen molar-refractivity contribution in [3.63, 3.8) is 0 Å². The second-order valence-electron chi connectivity index (χ2n) is 8.94. The number of hydrogen-bond donors (Lipinski definition) is 4. The summed E-state index contributed by atoms with van der Waals surface area (Å²) in [5, 5.41) is 25.3. The van der Waals surface area contributed by atoms with E-state index >= 15 is 0 Å². The Balaban J connectivity index is 0.00000121. The Bertz CT molecular complexity index is 695. The molecule has 2 unspecified atom stereocenters. The predicted octanol–water partition coefficient (Wildman–Crippen LogP) is 3.71.